The highest BCUT2D eigenvalue weighted by atomic mass is 16.5. The highest BCUT2D eigenvalue weighted by molar-refractivity contribution is 4.87. The van der Waals surface area contributed by atoms with E-state index in [9.17, 15) is 0 Å². The second kappa shape index (κ2) is 8.20. The van der Waals surface area contributed by atoms with Crippen LogP contribution >= 0.6 is 0 Å². The molecule has 0 saturated carbocycles. The van der Waals surface area contributed by atoms with E-state index >= 15 is 0 Å². The second-order valence-electron chi connectivity index (χ2n) is 5.92. The smallest absolute Gasteiger partial charge is 0.0702 e. The molecule has 3 atom stereocenters. The molecule has 0 aromatic rings. The Labute approximate surface area is 117 Å². The van der Waals surface area contributed by atoms with E-state index in [1.54, 1.807) is 0 Å². The zero-order valence-corrected chi connectivity index (χ0v) is 12.6. The van der Waals surface area contributed by atoms with Gasteiger partial charge in [-0.1, -0.05) is 6.92 Å². The van der Waals surface area contributed by atoms with E-state index in [1.165, 1.54) is 25.7 Å². The molecule has 0 aliphatic carbocycles. The lowest BCUT2D eigenvalue weighted by molar-refractivity contribution is -0.0379. The van der Waals surface area contributed by atoms with Crippen LogP contribution in [0.5, 0.6) is 0 Å². The molecule has 3 unspecified atom stereocenters. The van der Waals surface area contributed by atoms with Crippen LogP contribution in [0.3, 0.4) is 0 Å². The average molecular weight is 270 g/mol. The summed E-state index contributed by atoms with van der Waals surface area (Å²) in [5.74, 6) is 0. The molecule has 4 nitrogen and oxygen atoms in total. The Hall–Kier alpha value is -0.160. The lowest BCUT2D eigenvalue weighted by Crippen LogP contribution is -2.55. The fourth-order valence-electron chi connectivity index (χ4n) is 3.13. The zero-order chi connectivity index (χ0) is 13.5. The third kappa shape index (κ3) is 4.71. The summed E-state index contributed by atoms with van der Waals surface area (Å²) >= 11 is 0. The standard InChI is InChI=1S/C15H30N2O2/c1-3-8-16-14-7-10-18-12-15(14)17(2)11-13-6-4-5-9-19-13/h13-16H,3-12H2,1-2H3. The van der Waals surface area contributed by atoms with Gasteiger partial charge in [-0.15, -0.1) is 0 Å². The first-order chi connectivity index (χ1) is 9.31. The molecular weight excluding hydrogens is 240 g/mol. The third-order valence-electron chi connectivity index (χ3n) is 4.31. The van der Waals surface area contributed by atoms with E-state index in [2.05, 4.69) is 24.2 Å². The largest absolute Gasteiger partial charge is 0.380 e. The Bertz CT molecular complexity index is 244. The van der Waals surface area contributed by atoms with Crippen molar-refractivity contribution < 1.29 is 9.47 Å². The first kappa shape index (κ1) is 15.2. The van der Waals surface area contributed by atoms with Crippen molar-refractivity contribution in [3.63, 3.8) is 0 Å². The van der Waals surface area contributed by atoms with Crippen molar-refractivity contribution in [2.24, 2.45) is 0 Å². The summed E-state index contributed by atoms with van der Waals surface area (Å²) in [5, 5.41) is 3.68. The molecule has 2 saturated heterocycles. The van der Waals surface area contributed by atoms with Gasteiger partial charge in [0.15, 0.2) is 0 Å². The first-order valence-corrected chi connectivity index (χ1v) is 7.94. The highest BCUT2D eigenvalue weighted by Gasteiger charge is 2.30. The van der Waals surface area contributed by atoms with Gasteiger partial charge < -0.3 is 14.8 Å². The summed E-state index contributed by atoms with van der Waals surface area (Å²) in [6.07, 6.45) is 6.50. The van der Waals surface area contributed by atoms with Crippen LogP contribution in [0.2, 0.25) is 0 Å². The molecule has 2 rings (SSSR count). The van der Waals surface area contributed by atoms with Crippen LogP contribution < -0.4 is 5.32 Å². The predicted octanol–water partition coefficient (Wildman–Crippen LogP) is 1.64. The number of hydrogen-bond donors (Lipinski definition) is 1. The second-order valence-corrected chi connectivity index (χ2v) is 5.92. The minimum atomic E-state index is 0.424. The van der Waals surface area contributed by atoms with Gasteiger partial charge >= 0.3 is 0 Å². The average Bonchev–Trinajstić information content (AvgIpc) is 2.46. The fourth-order valence-corrected chi connectivity index (χ4v) is 3.13. The summed E-state index contributed by atoms with van der Waals surface area (Å²) in [6, 6.07) is 1.06. The molecule has 2 fully saturated rings. The van der Waals surface area contributed by atoms with Crippen LogP contribution in [0, 0.1) is 0 Å². The van der Waals surface area contributed by atoms with E-state index in [-0.39, 0.29) is 0 Å². The molecule has 112 valence electrons. The van der Waals surface area contributed by atoms with E-state index in [4.69, 9.17) is 9.47 Å². The van der Waals surface area contributed by atoms with Gasteiger partial charge in [0, 0.05) is 31.8 Å². The fraction of sp³-hybridized carbons (Fsp3) is 1.00. The Morgan fingerprint density at radius 3 is 2.84 bits per heavy atom. The molecule has 0 aromatic carbocycles. The summed E-state index contributed by atoms with van der Waals surface area (Å²) in [4.78, 5) is 2.45. The molecule has 2 aliphatic heterocycles. The SMILES string of the molecule is CCCNC1CCOCC1N(C)CC1CCCCO1. The van der Waals surface area contributed by atoms with Gasteiger partial charge in [0.2, 0.25) is 0 Å². The van der Waals surface area contributed by atoms with Gasteiger partial charge in [0.1, 0.15) is 0 Å². The van der Waals surface area contributed by atoms with Gasteiger partial charge in [0.25, 0.3) is 0 Å². The van der Waals surface area contributed by atoms with Crippen LogP contribution in [-0.4, -0.2) is 63.0 Å². The highest BCUT2D eigenvalue weighted by Crippen LogP contribution is 2.18. The van der Waals surface area contributed by atoms with Crippen molar-refractivity contribution in [1.82, 2.24) is 10.2 Å². The molecule has 1 N–H and O–H groups in total. The van der Waals surface area contributed by atoms with E-state index in [0.29, 0.717) is 18.2 Å². The number of nitrogens with zero attached hydrogens (tertiary/aromatic N) is 1. The van der Waals surface area contributed by atoms with Gasteiger partial charge in [0.05, 0.1) is 12.7 Å². The van der Waals surface area contributed by atoms with Gasteiger partial charge in [-0.25, -0.2) is 0 Å². The van der Waals surface area contributed by atoms with E-state index in [1.807, 2.05) is 0 Å². The molecule has 19 heavy (non-hydrogen) atoms. The van der Waals surface area contributed by atoms with Crippen LogP contribution in [0.15, 0.2) is 0 Å². The molecule has 2 heterocycles. The van der Waals surface area contributed by atoms with Crippen molar-refractivity contribution >= 4 is 0 Å². The molecule has 4 heteroatoms. The monoisotopic (exact) mass is 270 g/mol. The van der Waals surface area contributed by atoms with E-state index in [0.717, 1.165) is 39.3 Å². The van der Waals surface area contributed by atoms with Crippen LogP contribution in [0.25, 0.3) is 0 Å². The quantitative estimate of drug-likeness (QED) is 0.795. The first-order valence-electron chi connectivity index (χ1n) is 7.94. The maximum atomic E-state index is 5.85. The van der Waals surface area contributed by atoms with Crippen molar-refractivity contribution in [1.29, 1.82) is 0 Å². The van der Waals surface area contributed by atoms with Gasteiger partial charge in [-0.05, 0) is 45.7 Å². The Balaban J connectivity index is 1.81. The number of nitrogens with one attached hydrogen (secondary N) is 1. The Kier molecular flexibility index (Phi) is 6.57. The minimum absolute atomic E-state index is 0.424. The minimum Gasteiger partial charge on any atom is -0.380 e. The summed E-state index contributed by atoms with van der Waals surface area (Å²) in [6.45, 7) is 7.06. The molecule has 2 aliphatic rings. The third-order valence-corrected chi connectivity index (χ3v) is 4.31. The van der Waals surface area contributed by atoms with Crippen molar-refractivity contribution in [3.05, 3.63) is 0 Å². The van der Waals surface area contributed by atoms with E-state index < -0.39 is 0 Å². The van der Waals surface area contributed by atoms with Crippen molar-refractivity contribution in [2.75, 3.05) is 40.0 Å². The van der Waals surface area contributed by atoms with Crippen molar-refractivity contribution in [3.8, 4) is 0 Å². The lowest BCUT2D eigenvalue weighted by Gasteiger charge is -2.40. The molecule has 0 aromatic heterocycles. The predicted molar refractivity (Wildman–Crippen MR) is 77.5 cm³/mol. The van der Waals surface area contributed by atoms with Gasteiger partial charge in [-0.2, -0.15) is 0 Å². The lowest BCUT2D eigenvalue weighted by atomic mass is 10.0. The van der Waals surface area contributed by atoms with Crippen LogP contribution in [0.4, 0.5) is 0 Å². The Morgan fingerprint density at radius 1 is 1.21 bits per heavy atom. The number of ether oxygens (including phenoxy) is 2. The van der Waals surface area contributed by atoms with Gasteiger partial charge in [-0.3, -0.25) is 4.90 Å². The summed E-state index contributed by atoms with van der Waals surface area (Å²) < 4.78 is 11.5. The Morgan fingerprint density at radius 2 is 2.11 bits per heavy atom. The van der Waals surface area contributed by atoms with Crippen molar-refractivity contribution in [2.45, 2.75) is 57.2 Å². The molecule has 0 amide bonds. The molecule has 0 radical (unpaired) electrons. The van der Waals surface area contributed by atoms with Crippen LogP contribution in [-0.2, 0) is 9.47 Å². The zero-order valence-electron chi connectivity index (χ0n) is 12.6. The molecule has 0 spiro atoms. The normalized spacial score (nSPS) is 32.7. The number of rotatable bonds is 6. The molecule has 0 bridgehead atoms. The number of likely N-dealkylation sites (N-methyl/N-ethyl adjacent to an activating group) is 1. The number of hydrogen-bond acceptors (Lipinski definition) is 4. The summed E-state index contributed by atoms with van der Waals surface area (Å²) in [7, 11) is 2.22. The maximum absolute atomic E-state index is 5.85. The maximum Gasteiger partial charge on any atom is 0.0702 e. The van der Waals surface area contributed by atoms with Crippen LogP contribution in [0.1, 0.15) is 39.0 Å². The summed E-state index contributed by atoms with van der Waals surface area (Å²) in [5.41, 5.74) is 0. The molecular formula is C15H30N2O2. The topological polar surface area (TPSA) is 33.7 Å².